The Kier molecular flexibility index (Phi) is 5.82. The molecule has 2 aromatic carbocycles. The molecule has 0 saturated heterocycles. The number of thioether (sulfide) groups is 1. The first-order valence-corrected chi connectivity index (χ1v) is 11.3. The van der Waals surface area contributed by atoms with E-state index in [0.29, 0.717) is 17.1 Å². The van der Waals surface area contributed by atoms with Gasteiger partial charge in [-0.3, -0.25) is 9.59 Å². The van der Waals surface area contributed by atoms with Crippen molar-refractivity contribution in [1.82, 2.24) is 10.3 Å². The monoisotopic (exact) mass is 425 g/mol. The lowest BCUT2D eigenvalue weighted by Gasteiger charge is -2.16. The number of para-hydroxylation sites is 2. The summed E-state index contributed by atoms with van der Waals surface area (Å²) in [4.78, 5) is 29.9. The average Bonchev–Trinajstić information content (AvgIpc) is 3.34. The van der Waals surface area contributed by atoms with Crippen molar-refractivity contribution in [2.45, 2.75) is 12.5 Å². The lowest BCUT2D eigenvalue weighted by Crippen LogP contribution is -2.44. The molecule has 8 heteroatoms. The summed E-state index contributed by atoms with van der Waals surface area (Å²) in [6.07, 6.45) is 2.47. The molecule has 29 heavy (non-hydrogen) atoms. The number of aromatic nitrogens is 1. The third-order valence-corrected chi connectivity index (χ3v) is 6.00. The van der Waals surface area contributed by atoms with Gasteiger partial charge in [0, 0.05) is 5.39 Å². The number of thiazole rings is 1. The van der Waals surface area contributed by atoms with Crippen molar-refractivity contribution in [2.24, 2.45) is 0 Å². The maximum atomic E-state index is 12.8. The number of hydrogen-bond donors (Lipinski definition) is 2. The minimum absolute atomic E-state index is 0.188. The van der Waals surface area contributed by atoms with Crippen LogP contribution in [-0.4, -0.2) is 34.8 Å². The predicted octanol–water partition coefficient (Wildman–Crippen LogP) is 4.53. The van der Waals surface area contributed by atoms with Crippen LogP contribution < -0.4 is 10.6 Å². The summed E-state index contributed by atoms with van der Waals surface area (Å²) < 4.78 is 6.61. The predicted molar refractivity (Wildman–Crippen MR) is 119 cm³/mol. The molecule has 0 fully saturated rings. The summed E-state index contributed by atoms with van der Waals surface area (Å²) in [6.45, 7) is 0. The van der Waals surface area contributed by atoms with Gasteiger partial charge in [-0.1, -0.05) is 41.7 Å². The summed E-state index contributed by atoms with van der Waals surface area (Å²) in [5, 5.41) is 7.00. The van der Waals surface area contributed by atoms with Crippen LogP contribution in [0.1, 0.15) is 17.0 Å². The van der Waals surface area contributed by atoms with Gasteiger partial charge in [-0.05, 0) is 42.7 Å². The van der Waals surface area contributed by atoms with Crippen molar-refractivity contribution in [2.75, 3.05) is 17.3 Å². The number of fused-ring (bicyclic) bond motifs is 2. The number of anilines is 1. The Labute approximate surface area is 175 Å². The molecule has 2 amide bonds. The second-order valence-corrected chi connectivity index (χ2v) is 8.45. The van der Waals surface area contributed by atoms with Crippen LogP contribution in [-0.2, 0) is 4.79 Å². The van der Waals surface area contributed by atoms with Crippen LogP contribution in [0.5, 0.6) is 0 Å². The minimum Gasteiger partial charge on any atom is -0.451 e. The Hall–Kier alpha value is -2.84. The molecule has 0 aliphatic rings. The highest BCUT2D eigenvalue weighted by Gasteiger charge is 2.24. The van der Waals surface area contributed by atoms with E-state index in [9.17, 15) is 9.59 Å². The highest BCUT2D eigenvalue weighted by Crippen LogP contribution is 2.25. The van der Waals surface area contributed by atoms with Crippen molar-refractivity contribution in [3.8, 4) is 0 Å². The zero-order valence-corrected chi connectivity index (χ0v) is 17.3. The summed E-state index contributed by atoms with van der Waals surface area (Å²) in [5.74, 6) is 0.223. The number of furan rings is 1. The van der Waals surface area contributed by atoms with E-state index >= 15 is 0 Å². The summed E-state index contributed by atoms with van der Waals surface area (Å²) in [6, 6.07) is 16.1. The molecule has 2 heterocycles. The topological polar surface area (TPSA) is 84.2 Å². The summed E-state index contributed by atoms with van der Waals surface area (Å²) >= 11 is 3.02. The van der Waals surface area contributed by atoms with Gasteiger partial charge in [-0.15, -0.1) is 0 Å². The number of nitrogens with zero attached hydrogens (tertiary/aromatic N) is 1. The van der Waals surface area contributed by atoms with Crippen molar-refractivity contribution in [1.29, 1.82) is 0 Å². The van der Waals surface area contributed by atoms with E-state index in [0.717, 1.165) is 21.4 Å². The van der Waals surface area contributed by atoms with Crippen LogP contribution in [0.25, 0.3) is 21.2 Å². The molecular weight excluding hydrogens is 406 g/mol. The number of benzene rings is 2. The maximum Gasteiger partial charge on any atom is 0.287 e. The van der Waals surface area contributed by atoms with E-state index in [4.69, 9.17) is 4.42 Å². The second kappa shape index (κ2) is 8.67. The average molecular weight is 426 g/mol. The molecule has 4 rings (SSSR count). The summed E-state index contributed by atoms with van der Waals surface area (Å²) in [5.41, 5.74) is 1.47. The molecule has 0 saturated carbocycles. The van der Waals surface area contributed by atoms with Gasteiger partial charge in [0.2, 0.25) is 5.91 Å². The number of hydrogen-bond acceptors (Lipinski definition) is 6. The molecular formula is C21H19N3O3S2. The van der Waals surface area contributed by atoms with E-state index in [1.165, 1.54) is 11.3 Å². The van der Waals surface area contributed by atoms with Gasteiger partial charge >= 0.3 is 0 Å². The quantitative estimate of drug-likeness (QED) is 0.454. The van der Waals surface area contributed by atoms with Gasteiger partial charge in [0.25, 0.3) is 5.91 Å². The van der Waals surface area contributed by atoms with E-state index < -0.39 is 11.9 Å². The van der Waals surface area contributed by atoms with Crippen LogP contribution in [0.15, 0.2) is 59.0 Å². The molecule has 1 atom stereocenters. The molecule has 0 unspecified atom stereocenters. The molecule has 148 valence electrons. The smallest absolute Gasteiger partial charge is 0.287 e. The van der Waals surface area contributed by atoms with Gasteiger partial charge < -0.3 is 15.1 Å². The van der Waals surface area contributed by atoms with Gasteiger partial charge in [0.05, 0.1) is 10.2 Å². The van der Waals surface area contributed by atoms with E-state index in [1.807, 2.05) is 48.7 Å². The van der Waals surface area contributed by atoms with Gasteiger partial charge in [-0.25, -0.2) is 4.98 Å². The Morgan fingerprint density at radius 3 is 2.76 bits per heavy atom. The Balaban J connectivity index is 1.49. The van der Waals surface area contributed by atoms with Crippen molar-refractivity contribution >= 4 is 61.2 Å². The molecule has 0 spiro atoms. The number of rotatable bonds is 7. The molecule has 2 N–H and O–H groups in total. The molecule has 0 bridgehead atoms. The van der Waals surface area contributed by atoms with Crippen LogP contribution in [0.2, 0.25) is 0 Å². The third-order valence-electron chi connectivity index (χ3n) is 4.41. The number of nitrogens with one attached hydrogen (secondary N) is 2. The molecule has 0 aliphatic carbocycles. The highest BCUT2D eigenvalue weighted by molar-refractivity contribution is 7.98. The van der Waals surface area contributed by atoms with Gasteiger partial charge in [0.1, 0.15) is 11.6 Å². The Morgan fingerprint density at radius 1 is 1.17 bits per heavy atom. The van der Waals surface area contributed by atoms with Gasteiger partial charge in [-0.2, -0.15) is 11.8 Å². The Morgan fingerprint density at radius 2 is 1.97 bits per heavy atom. The minimum atomic E-state index is -0.685. The van der Waals surface area contributed by atoms with E-state index in [-0.39, 0.29) is 11.7 Å². The first-order chi connectivity index (χ1) is 14.1. The normalized spacial score (nSPS) is 12.2. The molecule has 6 nitrogen and oxygen atoms in total. The number of carbonyl (C=O) groups is 2. The third kappa shape index (κ3) is 4.44. The Bertz CT molecular complexity index is 1100. The maximum absolute atomic E-state index is 12.8. The summed E-state index contributed by atoms with van der Waals surface area (Å²) in [7, 11) is 0. The van der Waals surface area contributed by atoms with Crippen LogP contribution in [0, 0.1) is 0 Å². The first kappa shape index (κ1) is 19.5. The molecule has 0 radical (unpaired) electrons. The van der Waals surface area contributed by atoms with E-state index in [2.05, 4.69) is 15.6 Å². The van der Waals surface area contributed by atoms with Crippen molar-refractivity contribution in [3.05, 3.63) is 60.4 Å². The van der Waals surface area contributed by atoms with E-state index in [1.54, 1.807) is 23.9 Å². The first-order valence-electron chi connectivity index (χ1n) is 9.09. The lowest BCUT2D eigenvalue weighted by molar-refractivity contribution is -0.118. The second-order valence-electron chi connectivity index (χ2n) is 6.43. The standard InChI is InChI=1S/C21H19N3O3S2/c1-28-11-10-15(19(25)24-21-23-14-7-3-5-9-18(14)29-21)22-20(26)17-12-13-6-2-4-8-16(13)27-17/h2-9,12,15H,10-11H2,1H3,(H,22,26)(H,23,24,25)/t15-/m1/s1. The molecule has 2 aromatic heterocycles. The SMILES string of the molecule is CSCC[C@@H](NC(=O)c1cc2ccccc2o1)C(=O)Nc1nc2ccccc2s1. The number of amides is 2. The van der Waals surface area contributed by atoms with Crippen molar-refractivity contribution < 1.29 is 14.0 Å². The van der Waals surface area contributed by atoms with Gasteiger partial charge in [0.15, 0.2) is 10.9 Å². The fourth-order valence-electron chi connectivity index (χ4n) is 2.95. The van der Waals surface area contributed by atoms with Crippen LogP contribution in [0.3, 0.4) is 0 Å². The fourth-order valence-corrected chi connectivity index (χ4v) is 4.29. The zero-order valence-electron chi connectivity index (χ0n) is 15.7. The largest absolute Gasteiger partial charge is 0.451 e. The highest BCUT2D eigenvalue weighted by atomic mass is 32.2. The fraction of sp³-hybridized carbons (Fsp3) is 0.190. The zero-order chi connectivity index (χ0) is 20.2. The lowest BCUT2D eigenvalue weighted by atomic mass is 10.2. The van der Waals surface area contributed by atoms with Crippen LogP contribution in [0.4, 0.5) is 5.13 Å². The molecule has 0 aliphatic heterocycles. The van der Waals surface area contributed by atoms with Crippen molar-refractivity contribution in [3.63, 3.8) is 0 Å². The number of carbonyl (C=O) groups excluding carboxylic acids is 2. The molecule has 4 aromatic rings. The van der Waals surface area contributed by atoms with Crippen LogP contribution >= 0.6 is 23.1 Å².